The SMILES string of the molecule is CC(=O)Nc1cccc(N(CC(=O)N2CCCCCC2)C(C)=O)c1. The largest absolute Gasteiger partial charge is 0.341 e. The van der Waals surface area contributed by atoms with Crippen molar-refractivity contribution in [3.63, 3.8) is 0 Å². The number of anilines is 2. The first-order chi connectivity index (χ1) is 11.5. The fourth-order valence-corrected chi connectivity index (χ4v) is 2.89. The molecule has 1 aromatic carbocycles. The highest BCUT2D eigenvalue weighted by atomic mass is 16.2. The van der Waals surface area contributed by atoms with Gasteiger partial charge in [0.2, 0.25) is 17.7 Å². The van der Waals surface area contributed by atoms with E-state index in [1.807, 2.05) is 4.90 Å². The van der Waals surface area contributed by atoms with Gasteiger partial charge in [-0.2, -0.15) is 0 Å². The number of carbonyl (C=O) groups excluding carboxylic acids is 3. The Morgan fingerprint density at radius 1 is 1.08 bits per heavy atom. The lowest BCUT2D eigenvalue weighted by Gasteiger charge is -2.26. The van der Waals surface area contributed by atoms with Gasteiger partial charge in [-0.3, -0.25) is 14.4 Å². The molecule has 1 aliphatic rings. The van der Waals surface area contributed by atoms with E-state index in [0.29, 0.717) is 11.4 Å². The van der Waals surface area contributed by atoms with Crippen molar-refractivity contribution in [1.29, 1.82) is 0 Å². The van der Waals surface area contributed by atoms with E-state index in [4.69, 9.17) is 0 Å². The van der Waals surface area contributed by atoms with Gasteiger partial charge in [-0.25, -0.2) is 0 Å². The second-order valence-electron chi connectivity index (χ2n) is 6.13. The van der Waals surface area contributed by atoms with Crippen molar-refractivity contribution in [2.24, 2.45) is 0 Å². The molecule has 0 saturated carbocycles. The molecule has 0 atom stereocenters. The van der Waals surface area contributed by atoms with Crippen LogP contribution in [0.25, 0.3) is 0 Å². The van der Waals surface area contributed by atoms with Gasteiger partial charge in [-0.15, -0.1) is 0 Å². The van der Waals surface area contributed by atoms with E-state index in [2.05, 4.69) is 5.32 Å². The van der Waals surface area contributed by atoms with Gasteiger partial charge < -0.3 is 15.1 Å². The number of amides is 3. The van der Waals surface area contributed by atoms with Gasteiger partial charge in [0.25, 0.3) is 0 Å². The van der Waals surface area contributed by atoms with Crippen molar-refractivity contribution in [2.75, 3.05) is 29.9 Å². The molecule has 1 saturated heterocycles. The molecule has 1 fully saturated rings. The number of hydrogen-bond donors (Lipinski definition) is 1. The minimum absolute atomic E-state index is 0.0266. The van der Waals surface area contributed by atoms with E-state index in [9.17, 15) is 14.4 Å². The van der Waals surface area contributed by atoms with Gasteiger partial charge in [-0.05, 0) is 31.0 Å². The van der Waals surface area contributed by atoms with E-state index < -0.39 is 0 Å². The first-order valence-electron chi connectivity index (χ1n) is 8.41. The number of nitrogens with one attached hydrogen (secondary N) is 1. The number of benzene rings is 1. The Kier molecular flexibility index (Phi) is 6.35. The van der Waals surface area contributed by atoms with E-state index in [-0.39, 0.29) is 24.3 Å². The summed E-state index contributed by atoms with van der Waals surface area (Å²) in [6.45, 7) is 4.42. The van der Waals surface area contributed by atoms with Crippen LogP contribution in [0.2, 0.25) is 0 Å². The zero-order valence-electron chi connectivity index (χ0n) is 14.4. The molecule has 1 heterocycles. The number of nitrogens with zero attached hydrogens (tertiary/aromatic N) is 2. The molecule has 1 N–H and O–H groups in total. The van der Waals surface area contributed by atoms with Crippen LogP contribution in [0, 0.1) is 0 Å². The first-order valence-corrected chi connectivity index (χ1v) is 8.41. The van der Waals surface area contributed by atoms with Crippen molar-refractivity contribution in [3.05, 3.63) is 24.3 Å². The maximum absolute atomic E-state index is 12.6. The van der Waals surface area contributed by atoms with Crippen LogP contribution >= 0.6 is 0 Å². The average molecular weight is 331 g/mol. The van der Waals surface area contributed by atoms with Crippen molar-refractivity contribution in [1.82, 2.24) is 4.90 Å². The molecule has 2 rings (SSSR count). The maximum atomic E-state index is 12.6. The molecular formula is C18H25N3O3. The van der Waals surface area contributed by atoms with Crippen LogP contribution in [0.15, 0.2) is 24.3 Å². The molecular weight excluding hydrogens is 306 g/mol. The Bertz CT molecular complexity index is 607. The normalized spacial score (nSPS) is 14.7. The van der Waals surface area contributed by atoms with Crippen molar-refractivity contribution in [2.45, 2.75) is 39.5 Å². The molecule has 1 aliphatic heterocycles. The number of hydrogen-bond acceptors (Lipinski definition) is 3. The maximum Gasteiger partial charge on any atom is 0.242 e. The lowest BCUT2D eigenvalue weighted by atomic mass is 10.2. The number of carbonyl (C=O) groups is 3. The monoisotopic (exact) mass is 331 g/mol. The Balaban J connectivity index is 2.12. The third kappa shape index (κ3) is 5.08. The van der Waals surface area contributed by atoms with Crippen LogP contribution in [0.4, 0.5) is 11.4 Å². The minimum Gasteiger partial charge on any atom is -0.341 e. The smallest absolute Gasteiger partial charge is 0.242 e. The van der Waals surface area contributed by atoms with Crippen LogP contribution in [0.5, 0.6) is 0 Å². The lowest BCUT2D eigenvalue weighted by molar-refractivity contribution is -0.131. The predicted octanol–water partition coefficient (Wildman–Crippen LogP) is 2.40. The van der Waals surface area contributed by atoms with Crippen LogP contribution in [-0.4, -0.2) is 42.3 Å². The fourth-order valence-electron chi connectivity index (χ4n) is 2.89. The zero-order valence-corrected chi connectivity index (χ0v) is 14.4. The highest BCUT2D eigenvalue weighted by Gasteiger charge is 2.21. The molecule has 0 radical (unpaired) electrons. The predicted molar refractivity (Wildman–Crippen MR) is 93.8 cm³/mol. The van der Waals surface area contributed by atoms with Gasteiger partial charge in [0, 0.05) is 38.3 Å². The number of likely N-dealkylation sites (tertiary alicyclic amines) is 1. The molecule has 0 unspecified atom stereocenters. The van der Waals surface area contributed by atoms with Crippen LogP contribution in [-0.2, 0) is 14.4 Å². The summed E-state index contributed by atoms with van der Waals surface area (Å²) in [5.74, 6) is -0.405. The lowest BCUT2D eigenvalue weighted by Crippen LogP contribution is -2.42. The Morgan fingerprint density at radius 2 is 1.75 bits per heavy atom. The fraction of sp³-hybridized carbons (Fsp3) is 0.500. The highest BCUT2D eigenvalue weighted by molar-refractivity contribution is 5.98. The summed E-state index contributed by atoms with van der Waals surface area (Å²) >= 11 is 0. The molecule has 0 bridgehead atoms. The minimum atomic E-state index is -0.196. The second-order valence-corrected chi connectivity index (χ2v) is 6.13. The summed E-state index contributed by atoms with van der Waals surface area (Å²) < 4.78 is 0. The van der Waals surface area contributed by atoms with Crippen molar-refractivity contribution >= 4 is 29.1 Å². The molecule has 0 aliphatic carbocycles. The van der Waals surface area contributed by atoms with E-state index in [1.165, 1.54) is 18.7 Å². The molecule has 3 amide bonds. The highest BCUT2D eigenvalue weighted by Crippen LogP contribution is 2.20. The van der Waals surface area contributed by atoms with Gasteiger partial charge in [0.05, 0.1) is 0 Å². The van der Waals surface area contributed by atoms with Crippen LogP contribution in [0.3, 0.4) is 0 Å². The Hall–Kier alpha value is -2.37. The van der Waals surface area contributed by atoms with Crippen LogP contribution in [0.1, 0.15) is 39.5 Å². The molecule has 0 spiro atoms. The first kappa shape index (κ1) is 18.0. The zero-order chi connectivity index (χ0) is 17.5. The quantitative estimate of drug-likeness (QED) is 0.921. The van der Waals surface area contributed by atoms with Gasteiger partial charge in [-0.1, -0.05) is 18.9 Å². The van der Waals surface area contributed by atoms with E-state index in [0.717, 1.165) is 38.8 Å². The van der Waals surface area contributed by atoms with Crippen molar-refractivity contribution in [3.8, 4) is 0 Å². The van der Waals surface area contributed by atoms with Crippen LogP contribution < -0.4 is 10.2 Å². The molecule has 6 heteroatoms. The third-order valence-corrected chi connectivity index (χ3v) is 4.11. The second kappa shape index (κ2) is 8.47. The van der Waals surface area contributed by atoms with Gasteiger partial charge in [0.15, 0.2) is 0 Å². The summed E-state index contributed by atoms with van der Waals surface area (Å²) in [5, 5.41) is 2.69. The standard InChI is InChI=1S/C18H25N3O3/c1-14(22)19-16-8-7-9-17(12-16)21(15(2)23)13-18(24)20-10-5-3-4-6-11-20/h7-9,12H,3-6,10-11,13H2,1-2H3,(H,19,22). The summed E-state index contributed by atoms with van der Waals surface area (Å²) in [5.41, 5.74) is 1.21. The molecule has 130 valence electrons. The summed E-state index contributed by atoms with van der Waals surface area (Å²) in [7, 11) is 0. The van der Waals surface area contributed by atoms with Crippen molar-refractivity contribution < 1.29 is 14.4 Å². The molecule has 0 aromatic heterocycles. The van der Waals surface area contributed by atoms with Gasteiger partial charge >= 0.3 is 0 Å². The van der Waals surface area contributed by atoms with Gasteiger partial charge in [0.1, 0.15) is 6.54 Å². The Morgan fingerprint density at radius 3 is 2.33 bits per heavy atom. The van der Waals surface area contributed by atoms with E-state index in [1.54, 1.807) is 24.3 Å². The number of rotatable bonds is 4. The third-order valence-electron chi connectivity index (χ3n) is 4.11. The molecule has 24 heavy (non-hydrogen) atoms. The summed E-state index contributed by atoms with van der Waals surface area (Å²) in [6, 6.07) is 6.98. The topological polar surface area (TPSA) is 69.7 Å². The summed E-state index contributed by atoms with van der Waals surface area (Å²) in [6.07, 6.45) is 4.34. The Labute approximate surface area is 142 Å². The summed E-state index contributed by atoms with van der Waals surface area (Å²) in [4.78, 5) is 39.1. The van der Waals surface area contributed by atoms with E-state index >= 15 is 0 Å². The average Bonchev–Trinajstić information content (AvgIpc) is 2.81. The molecule has 6 nitrogen and oxygen atoms in total. The molecule has 1 aromatic rings.